The molecular weight excluding hydrogens is 446 g/mol. The van der Waals surface area contributed by atoms with E-state index in [-0.39, 0.29) is 48.4 Å². The number of nitrogens with one attached hydrogen (secondary N) is 2. The van der Waals surface area contributed by atoms with Crippen molar-refractivity contribution in [3.8, 4) is 5.75 Å². The Hall–Kier alpha value is -3.83. The number of benzene rings is 1. The van der Waals surface area contributed by atoms with Crippen molar-refractivity contribution in [3.05, 3.63) is 78.2 Å². The molecule has 2 N–H and O–H groups in total. The molecule has 11 heteroatoms. The summed E-state index contributed by atoms with van der Waals surface area (Å²) in [6.07, 6.45) is 4.82. The fourth-order valence-electron chi connectivity index (χ4n) is 3.19. The van der Waals surface area contributed by atoms with Crippen LogP contribution in [0.15, 0.2) is 72.0 Å². The number of amides is 2. The van der Waals surface area contributed by atoms with E-state index in [1.165, 1.54) is 30.5 Å². The quantitative estimate of drug-likeness (QED) is 0.537. The second kappa shape index (κ2) is 9.76. The monoisotopic (exact) mass is 467 g/mol. The Morgan fingerprint density at radius 2 is 1.94 bits per heavy atom. The highest BCUT2D eigenvalue weighted by Crippen LogP contribution is 2.24. The van der Waals surface area contributed by atoms with Crippen LogP contribution >= 0.6 is 0 Å². The van der Waals surface area contributed by atoms with Crippen LogP contribution < -0.4 is 15.4 Å². The van der Waals surface area contributed by atoms with Crippen LogP contribution in [0.2, 0.25) is 0 Å². The molecule has 0 aliphatic carbocycles. The number of nitrogens with zero attached hydrogens (tertiary/aromatic N) is 3. The SMILES string of the molecule is O=C1CN(S(=O)(=O)c2cccc(C(=O)Nc3ncccc3OCc3ccncc3)c2)CCN1. The summed E-state index contributed by atoms with van der Waals surface area (Å²) in [5, 5.41) is 5.26. The van der Waals surface area contributed by atoms with Gasteiger partial charge in [0.15, 0.2) is 11.6 Å². The molecule has 1 aliphatic rings. The zero-order valence-electron chi connectivity index (χ0n) is 17.5. The minimum Gasteiger partial charge on any atom is -0.485 e. The number of hydrogen-bond donors (Lipinski definition) is 2. The number of ether oxygens (including phenoxy) is 1. The minimum atomic E-state index is -3.92. The van der Waals surface area contributed by atoms with Crippen LogP contribution in [0.25, 0.3) is 0 Å². The standard InChI is InChI=1S/C22H21N5O5S/c28-20-14-27(12-11-24-20)33(30,31)18-4-1-3-17(13-18)22(29)26-21-19(5-2-8-25-21)32-15-16-6-9-23-10-7-16/h1-10,13H,11-12,14-15H2,(H,24,28)(H,25,26,29). The maximum absolute atomic E-state index is 12.9. The van der Waals surface area contributed by atoms with Gasteiger partial charge >= 0.3 is 0 Å². The van der Waals surface area contributed by atoms with Crippen molar-refractivity contribution in [2.45, 2.75) is 11.5 Å². The van der Waals surface area contributed by atoms with Crippen molar-refractivity contribution in [1.82, 2.24) is 19.6 Å². The van der Waals surface area contributed by atoms with E-state index >= 15 is 0 Å². The Kier molecular flexibility index (Phi) is 6.61. The summed E-state index contributed by atoms with van der Waals surface area (Å²) in [5.74, 6) is -0.340. The molecule has 1 fully saturated rings. The molecule has 0 unspecified atom stereocenters. The first-order valence-electron chi connectivity index (χ1n) is 10.1. The molecule has 0 saturated carbocycles. The molecule has 0 bridgehead atoms. The van der Waals surface area contributed by atoms with E-state index in [1.807, 2.05) is 12.1 Å². The van der Waals surface area contributed by atoms with Crippen LogP contribution in [-0.2, 0) is 21.4 Å². The van der Waals surface area contributed by atoms with Gasteiger partial charge in [-0.25, -0.2) is 13.4 Å². The van der Waals surface area contributed by atoms with E-state index in [0.29, 0.717) is 5.75 Å². The number of sulfonamides is 1. The number of pyridine rings is 2. The summed E-state index contributed by atoms with van der Waals surface area (Å²) < 4.78 is 32.7. The van der Waals surface area contributed by atoms with E-state index in [2.05, 4.69) is 20.6 Å². The maximum Gasteiger partial charge on any atom is 0.256 e. The highest BCUT2D eigenvalue weighted by molar-refractivity contribution is 7.89. The molecular formula is C22H21N5O5S. The van der Waals surface area contributed by atoms with Gasteiger partial charge in [-0.1, -0.05) is 6.07 Å². The van der Waals surface area contributed by atoms with Crippen LogP contribution in [0.4, 0.5) is 5.82 Å². The Morgan fingerprint density at radius 1 is 1.12 bits per heavy atom. The molecule has 3 heterocycles. The molecule has 2 amide bonds. The average Bonchev–Trinajstić information content (AvgIpc) is 2.84. The lowest BCUT2D eigenvalue weighted by molar-refractivity contribution is -0.122. The third-order valence-electron chi connectivity index (χ3n) is 4.88. The van der Waals surface area contributed by atoms with Crippen molar-refractivity contribution in [3.63, 3.8) is 0 Å². The maximum atomic E-state index is 12.9. The Morgan fingerprint density at radius 3 is 2.73 bits per heavy atom. The Bertz CT molecular complexity index is 1270. The van der Waals surface area contributed by atoms with Crippen LogP contribution in [0.3, 0.4) is 0 Å². The van der Waals surface area contributed by atoms with Crippen molar-refractivity contribution < 1.29 is 22.7 Å². The van der Waals surface area contributed by atoms with Gasteiger partial charge in [0.25, 0.3) is 5.91 Å². The molecule has 1 aromatic carbocycles. The molecule has 0 atom stereocenters. The van der Waals surface area contributed by atoms with Gasteiger partial charge in [-0.05, 0) is 48.0 Å². The third kappa shape index (κ3) is 5.33. The summed E-state index contributed by atoms with van der Waals surface area (Å²) in [7, 11) is -3.92. The first kappa shape index (κ1) is 22.4. The minimum absolute atomic E-state index is 0.0694. The van der Waals surface area contributed by atoms with Crippen LogP contribution in [0, 0.1) is 0 Å². The van der Waals surface area contributed by atoms with E-state index in [9.17, 15) is 18.0 Å². The number of piperazine rings is 1. The van der Waals surface area contributed by atoms with Crippen molar-refractivity contribution in [2.75, 3.05) is 25.0 Å². The number of aromatic nitrogens is 2. The predicted molar refractivity (Wildman–Crippen MR) is 119 cm³/mol. The molecule has 2 aromatic heterocycles. The number of anilines is 1. The van der Waals surface area contributed by atoms with Crippen LogP contribution in [0.5, 0.6) is 5.75 Å². The van der Waals surface area contributed by atoms with Crippen molar-refractivity contribution in [1.29, 1.82) is 0 Å². The van der Waals surface area contributed by atoms with Crippen molar-refractivity contribution >= 4 is 27.7 Å². The summed E-state index contributed by atoms with van der Waals surface area (Å²) in [6, 6.07) is 12.6. The van der Waals surface area contributed by atoms with Crippen LogP contribution in [0.1, 0.15) is 15.9 Å². The van der Waals surface area contributed by atoms with Gasteiger partial charge in [-0.3, -0.25) is 14.6 Å². The third-order valence-corrected chi connectivity index (χ3v) is 6.72. The molecule has 1 aliphatic heterocycles. The highest BCUT2D eigenvalue weighted by Gasteiger charge is 2.29. The van der Waals surface area contributed by atoms with Gasteiger partial charge in [0, 0.05) is 37.2 Å². The Labute approximate surface area is 190 Å². The lowest BCUT2D eigenvalue weighted by Crippen LogP contribution is -2.49. The lowest BCUT2D eigenvalue weighted by atomic mass is 10.2. The second-order valence-corrected chi connectivity index (χ2v) is 9.10. The predicted octanol–water partition coefficient (Wildman–Crippen LogP) is 1.43. The van der Waals surface area contributed by atoms with E-state index in [0.717, 1.165) is 9.87 Å². The second-order valence-electron chi connectivity index (χ2n) is 7.16. The lowest BCUT2D eigenvalue weighted by Gasteiger charge is -2.26. The number of carbonyl (C=O) groups excluding carboxylic acids is 2. The van der Waals surface area contributed by atoms with Crippen molar-refractivity contribution in [2.24, 2.45) is 0 Å². The molecule has 170 valence electrons. The number of rotatable bonds is 7. The first-order chi connectivity index (χ1) is 15.9. The Balaban J connectivity index is 1.50. The van der Waals surface area contributed by atoms with Crippen LogP contribution in [-0.4, -0.2) is 54.1 Å². The fraction of sp³-hybridized carbons (Fsp3) is 0.182. The van der Waals surface area contributed by atoms with Gasteiger partial charge in [-0.2, -0.15) is 4.31 Å². The van der Waals surface area contributed by atoms with E-state index in [1.54, 1.807) is 24.5 Å². The largest absolute Gasteiger partial charge is 0.485 e. The summed E-state index contributed by atoms with van der Waals surface area (Å²) in [5.41, 5.74) is 1.03. The summed E-state index contributed by atoms with van der Waals surface area (Å²) in [4.78, 5) is 32.5. The van der Waals surface area contributed by atoms with Gasteiger partial charge in [0.2, 0.25) is 15.9 Å². The summed E-state index contributed by atoms with van der Waals surface area (Å²) in [6.45, 7) is 0.399. The van der Waals surface area contributed by atoms with Gasteiger partial charge in [0.05, 0.1) is 11.4 Å². The zero-order valence-corrected chi connectivity index (χ0v) is 18.3. The normalized spacial score (nSPS) is 14.4. The molecule has 0 radical (unpaired) electrons. The van der Waals surface area contributed by atoms with E-state index < -0.39 is 15.9 Å². The van der Waals surface area contributed by atoms with E-state index in [4.69, 9.17) is 4.74 Å². The molecule has 10 nitrogen and oxygen atoms in total. The number of hydrogen-bond acceptors (Lipinski definition) is 7. The number of carbonyl (C=O) groups is 2. The summed E-state index contributed by atoms with van der Waals surface area (Å²) >= 11 is 0. The van der Waals surface area contributed by atoms with Gasteiger partial charge in [0.1, 0.15) is 6.61 Å². The smallest absolute Gasteiger partial charge is 0.256 e. The first-order valence-corrected chi connectivity index (χ1v) is 11.5. The topological polar surface area (TPSA) is 131 Å². The van der Waals surface area contributed by atoms with Gasteiger partial charge in [-0.15, -0.1) is 0 Å². The van der Waals surface area contributed by atoms with Gasteiger partial charge < -0.3 is 15.4 Å². The molecule has 33 heavy (non-hydrogen) atoms. The highest BCUT2D eigenvalue weighted by atomic mass is 32.2. The molecule has 0 spiro atoms. The average molecular weight is 468 g/mol. The molecule has 4 rings (SSSR count). The molecule has 3 aromatic rings. The zero-order chi connectivity index (χ0) is 23.3. The fourth-order valence-corrected chi connectivity index (χ4v) is 4.63. The molecule has 1 saturated heterocycles.